The van der Waals surface area contributed by atoms with Gasteiger partial charge in [-0.3, -0.25) is 0 Å². The molecule has 0 bridgehead atoms. The van der Waals surface area contributed by atoms with Crippen molar-refractivity contribution in [1.82, 2.24) is 0 Å². The predicted molar refractivity (Wildman–Crippen MR) is 69.6 cm³/mol. The van der Waals surface area contributed by atoms with E-state index in [1.807, 2.05) is 32.0 Å². The number of rotatable bonds is 3. The van der Waals surface area contributed by atoms with Gasteiger partial charge in [0.25, 0.3) is 0 Å². The molecule has 0 aliphatic heterocycles. The monoisotopic (exact) mass is 265 g/mol. The molecule has 100 valence electrons. The van der Waals surface area contributed by atoms with Gasteiger partial charge in [-0.15, -0.1) is 0 Å². The molecule has 0 fully saturated rings. The van der Waals surface area contributed by atoms with Crippen LogP contribution in [0.4, 0.5) is 18.9 Å². The van der Waals surface area contributed by atoms with Crippen LogP contribution < -0.4 is 5.32 Å². The number of anilines is 1. The molecule has 0 radical (unpaired) electrons. The van der Waals surface area contributed by atoms with E-state index in [9.17, 15) is 13.2 Å². The van der Waals surface area contributed by atoms with E-state index in [4.69, 9.17) is 0 Å². The molecular weight excluding hydrogens is 251 g/mol. The fraction of sp³-hybridized carbons (Fsp3) is 0.200. The van der Waals surface area contributed by atoms with Gasteiger partial charge in [-0.25, -0.2) is 13.2 Å². The zero-order chi connectivity index (χ0) is 14.0. The maximum atomic E-state index is 13.0. The Kier molecular flexibility index (Phi) is 3.79. The summed E-state index contributed by atoms with van der Waals surface area (Å²) in [4.78, 5) is 0. The summed E-state index contributed by atoms with van der Waals surface area (Å²) < 4.78 is 38.9. The molecule has 19 heavy (non-hydrogen) atoms. The van der Waals surface area contributed by atoms with Gasteiger partial charge < -0.3 is 5.32 Å². The van der Waals surface area contributed by atoms with Crippen molar-refractivity contribution in [2.45, 2.75) is 20.4 Å². The zero-order valence-electron chi connectivity index (χ0n) is 10.7. The molecule has 0 saturated heterocycles. The Bertz CT molecular complexity index is 585. The summed E-state index contributed by atoms with van der Waals surface area (Å²) >= 11 is 0. The Hall–Kier alpha value is -1.97. The minimum Gasteiger partial charge on any atom is -0.381 e. The summed E-state index contributed by atoms with van der Waals surface area (Å²) in [5, 5.41) is 2.88. The summed E-state index contributed by atoms with van der Waals surface area (Å²) in [5.74, 6) is -3.83. The second-order valence-electron chi connectivity index (χ2n) is 4.54. The first-order chi connectivity index (χ1) is 8.97. The van der Waals surface area contributed by atoms with Gasteiger partial charge >= 0.3 is 0 Å². The van der Waals surface area contributed by atoms with Crippen molar-refractivity contribution in [3.63, 3.8) is 0 Å². The second kappa shape index (κ2) is 5.34. The van der Waals surface area contributed by atoms with Crippen LogP contribution in [-0.4, -0.2) is 0 Å². The lowest BCUT2D eigenvalue weighted by Gasteiger charge is -2.10. The highest BCUT2D eigenvalue weighted by atomic mass is 19.2. The van der Waals surface area contributed by atoms with E-state index in [-0.39, 0.29) is 5.69 Å². The smallest absolute Gasteiger partial charge is 0.194 e. The number of halogens is 3. The van der Waals surface area contributed by atoms with Crippen LogP contribution in [0, 0.1) is 31.3 Å². The number of nitrogens with one attached hydrogen (secondary N) is 1. The fourth-order valence-electron chi connectivity index (χ4n) is 1.90. The summed E-state index contributed by atoms with van der Waals surface area (Å²) in [7, 11) is 0. The number of hydrogen-bond donors (Lipinski definition) is 1. The lowest BCUT2D eigenvalue weighted by molar-refractivity contribution is 0.447. The number of aryl methyl sites for hydroxylation is 2. The van der Waals surface area contributed by atoms with Crippen LogP contribution in [0.15, 0.2) is 30.3 Å². The number of benzene rings is 2. The molecule has 0 aliphatic carbocycles. The number of hydrogen-bond acceptors (Lipinski definition) is 1. The standard InChI is InChI=1S/C15H14F3N/c1-9-3-4-11(10(2)5-9)8-19-12-6-13(16)15(18)14(17)7-12/h3-7,19H,8H2,1-2H3. The van der Waals surface area contributed by atoms with Crippen molar-refractivity contribution in [2.75, 3.05) is 5.32 Å². The largest absolute Gasteiger partial charge is 0.381 e. The Morgan fingerprint density at radius 2 is 1.58 bits per heavy atom. The molecule has 0 aliphatic rings. The molecule has 4 heteroatoms. The van der Waals surface area contributed by atoms with Crippen LogP contribution in [0.2, 0.25) is 0 Å². The van der Waals surface area contributed by atoms with Gasteiger partial charge in [-0.2, -0.15) is 0 Å². The van der Waals surface area contributed by atoms with Gasteiger partial charge in [0.05, 0.1) is 0 Å². The van der Waals surface area contributed by atoms with E-state index in [0.717, 1.165) is 28.8 Å². The van der Waals surface area contributed by atoms with Gasteiger partial charge in [0.2, 0.25) is 0 Å². The Balaban J connectivity index is 2.14. The van der Waals surface area contributed by atoms with Crippen molar-refractivity contribution >= 4 is 5.69 Å². The lowest BCUT2D eigenvalue weighted by atomic mass is 10.1. The first-order valence-corrected chi connectivity index (χ1v) is 5.92. The molecule has 0 amide bonds. The Morgan fingerprint density at radius 3 is 2.16 bits per heavy atom. The molecule has 1 nitrogen and oxygen atoms in total. The maximum absolute atomic E-state index is 13.0. The summed E-state index contributed by atoms with van der Waals surface area (Å²) in [6, 6.07) is 7.84. The second-order valence-corrected chi connectivity index (χ2v) is 4.54. The molecule has 0 unspecified atom stereocenters. The highest BCUT2D eigenvalue weighted by molar-refractivity contribution is 5.45. The van der Waals surface area contributed by atoms with Crippen LogP contribution in [0.3, 0.4) is 0 Å². The van der Waals surface area contributed by atoms with Gasteiger partial charge in [0, 0.05) is 24.4 Å². The van der Waals surface area contributed by atoms with Crippen LogP contribution in [0.25, 0.3) is 0 Å². The predicted octanol–water partition coefficient (Wildman–Crippen LogP) is 4.33. The van der Waals surface area contributed by atoms with Crippen LogP contribution in [0.5, 0.6) is 0 Å². The molecule has 2 aromatic carbocycles. The molecular formula is C15H14F3N. The first kappa shape index (κ1) is 13.5. The van der Waals surface area contributed by atoms with Gasteiger partial charge in [0.1, 0.15) is 0 Å². The van der Waals surface area contributed by atoms with E-state index in [0.29, 0.717) is 6.54 Å². The Labute approximate surface area is 110 Å². The maximum Gasteiger partial charge on any atom is 0.194 e. The van der Waals surface area contributed by atoms with Crippen molar-refractivity contribution in [3.8, 4) is 0 Å². The third-order valence-electron chi connectivity index (χ3n) is 2.96. The summed E-state index contributed by atoms with van der Waals surface area (Å²) in [6.45, 7) is 4.39. The molecule has 0 atom stereocenters. The van der Waals surface area contributed by atoms with E-state index < -0.39 is 17.5 Å². The third-order valence-corrected chi connectivity index (χ3v) is 2.96. The van der Waals surface area contributed by atoms with Gasteiger partial charge in [0.15, 0.2) is 17.5 Å². The molecule has 1 N–H and O–H groups in total. The minimum absolute atomic E-state index is 0.219. The quantitative estimate of drug-likeness (QED) is 0.814. The van der Waals surface area contributed by atoms with Gasteiger partial charge in [-0.05, 0) is 25.0 Å². The van der Waals surface area contributed by atoms with Crippen LogP contribution >= 0.6 is 0 Å². The Morgan fingerprint density at radius 1 is 0.947 bits per heavy atom. The topological polar surface area (TPSA) is 12.0 Å². The average Bonchev–Trinajstić information content (AvgIpc) is 2.34. The zero-order valence-corrected chi connectivity index (χ0v) is 10.7. The van der Waals surface area contributed by atoms with Gasteiger partial charge in [-0.1, -0.05) is 23.8 Å². The molecule has 0 saturated carbocycles. The van der Waals surface area contributed by atoms with E-state index in [2.05, 4.69) is 5.32 Å². The highest BCUT2D eigenvalue weighted by Gasteiger charge is 2.10. The molecule has 2 rings (SSSR count). The third kappa shape index (κ3) is 3.08. The van der Waals surface area contributed by atoms with E-state index in [1.165, 1.54) is 0 Å². The summed E-state index contributed by atoms with van der Waals surface area (Å²) in [6.07, 6.45) is 0. The minimum atomic E-state index is -1.45. The molecule has 0 spiro atoms. The van der Waals surface area contributed by atoms with Crippen molar-refractivity contribution in [2.24, 2.45) is 0 Å². The molecule has 0 heterocycles. The van der Waals surface area contributed by atoms with Crippen LogP contribution in [-0.2, 0) is 6.54 Å². The average molecular weight is 265 g/mol. The normalized spacial score (nSPS) is 10.6. The van der Waals surface area contributed by atoms with Crippen molar-refractivity contribution in [3.05, 3.63) is 64.5 Å². The molecule has 0 aromatic heterocycles. The van der Waals surface area contributed by atoms with E-state index >= 15 is 0 Å². The summed E-state index contributed by atoms with van der Waals surface area (Å²) in [5.41, 5.74) is 3.49. The highest BCUT2D eigenvalue weighted by Crippen LogP contribution is 2.19. The lowest BCUT2D eigenvalue weighted by Crippen LogP contribution is -2.03. The SMILES string of the molecule is Cc1ccc(CNc2cc(F)c(F)c(F)c2)c(C)c1. The molecule has 2 aromatic rings. The van der Waals surface area contributed by atoms with Crippen molar-refractivity contribution in [1.29, 1.82) is 0 Å². The van der Waals surface area contributed by atoms with E-state index in [1.54, 1.807) is 0 Å². The van der Waals surface area contributed by atoms with Crippen molar-refractivity contribution < 1.29 is 13.2 Å². The fourth-order valence-corrected chi connectivity index (χ4v) is 1.90. The first-order valence-electron chi connectivity index (χ1n) is 5.92. The van der Waals surface area contributed by atoms with Crippen LogP contribution in [0.1, 0.15) is 16.7 Å².